The lowest BCUT2D eigenvalue weighted by molar-refractivity contribution is -0.139. The van der Waals surface area contributed by atoms with Gasteiger partial charge in [-0.1, -0.05) is 12.1 Å². The number of likely N-dealkylation sites (tertiary alicyclic amines) is 1. The van der Waals surface area contributed by atoms with Gasteiger partial charge in [0, 0.05) is 25.5 Å². The van der Waals surface area contributed by atoms with Gasteiger partial charge < -0.3 is 5.32 Å². The highest BCUT2D eigenvalue weighted by atomic mass is 32.2. The summed E-state index contributed by atoms with van der Waals surface area (Å²) in [6.07, 6.45) is -0.875. The average Bonchev–Trinajstić information content (AvgIpc) is 3.42. The molecule has 1 saturated heterocycles. The highest BCUT2D eigenvalue weighted by Crippen LogP contribution is 2.39. The van der Waals surface area contributed by atoms with Gasteiger partial charge in [0.05, 0.1) is 27.8 Å². The molecule has 11 heteroatoms. The van der Waals surface area contributed by atoms with E-state index in [9.17, 15) is 31.6 Å². The second-order valence-electron chi connectivity index (χ2n) is 8.38. The molecule has 2 aliphatic rings. The summed E-state index contributed by atoms with van der Waals surface area (Å²) in [6.45, 7) is 0.0988. The topological polar surface area (TPSA) is 103 Å². The van der Waals surface area contributed by atoms with Gasteiger partial charge in [0.1, 0.15) is 5.54 Å². The molecule has 1 saturated carbocycles. The number of halogens is 3. The van der Waals surface area contributed by atoms with Gasteiger partial charge in [-0.25, -0.2) is 8.42 Å². The molecule has 0 spiro atoms. The van der Waals surface area contributed by atoms with Gasteiger partial charge in [-0.05, 0) is 49.1 Å². The lowest BCUT2D eigenvalue weighted by Gasteiger charge is -2.24. The summed E-state index contributed by atoms with van der Waals surface area (Å²) in [4.78, 5) is 17.8. The van der Waals surface area contributed by atoms with Gasteiger partial charge in [0.25, 0.3) is 0 Å². The highest BCUT2D eigenvalue weighted by Gasteiger charge is 2.50. The molecule has 0 bridgehead atoms. The van der Waals surface area contributed by atoms with Crippen molar-refractivity contribution in [3.63, 3.8) is 0 Å². The van der Waals surface area contributed by atoms with Crippen molar-refractivity contribution in [3.05, 3.63) is 59.9 Å². The summed E-state index contributed by atoms with van der Waals surface area (Å²) in [6, 6.07) is 8.67. The van der Waals surface area contributed by atoms with Gasteiger partial charge in [0.2, 0.25) is 5.91 Å². The van der Waals surface area contributed by atoms with E-state index in [1.54, 1.807) is 29.4 Å². The number of benzene rings is 1. The van der Waals surface area contributed by atoms with Crippen LogP contribution in [0.1, 0.15) is 30.4 Å². The predicted octanol–water partition coefficient (Wildman–Crippen LogP) is 2.69. The number of aromatic nitrogens is 1. The maximum atomic E-state index is 13.5. The van der Waals surface area contributed by atoms with E-state index in [0.717, 1.165) is 23.8 Å². The summed E-state index contributed by atoms with van der Waals surface area (Å²) in [5, 5.41) is 10.8. The molecule has 4 rings (SSSR count). The highest BCUT2D eigenvalue weighted by molar-refractivity contribution is 7.92. The third-order valence-electron chi connectivity index (χ3n) is 6.07. The van der Waals surface area contributed by atoms with Crippen molar-refractivity contribution < 1.29 is 26.4 Å². The number of rotatable bonds is 6. The number of nitrogens with one attached hydrogen (secondary N) is 1. The number of hydrogen-bond donors (Lipinski definition) is 1. The van der Waals surface area contributed by atoms with Gasteiger partial charge in [-0.3, -0.25) is 14.7 Å². The Kier molecular flexibility index (Phi) is 5.92. The fraction of sp³-hybridized carbons (Fsp3) is 0.409. The first-order valence-corrected chi connectivity index (χ1v) is 11.9. The van der Waals surface area contributed by atoms with Crippen LogP contribution in [0.2, 0.25) is 0 Å². The molecule has 1 aliphatic carbocycles. The molecule has 1 aromatic heterocycles. The van der Waals surface area contributed by atoms with Crippen molar-refractivity contribution in [1.82, 2.24) is 15.2 Å². The Bertz CT molecular complexity index is 1190. The molecule has 0 radical (unpaired) electrons. The Balaban J connectivity index is 1.65. The maximum Gasteiger partial charge on any atom is 0.417 e. The van der Waals surface area contributed by atoms with Crippen LogP contribution in [0.5, 0.6) is 0 Å². The lowest BCUT2D eigenvalue weighted by atomic mass is 10.1. The van der Waals surface area contributed by atoms with E-state index in [-0.39, 0.29) is 19.5 Å². The second kappa shape index (κ2) is 8.43. The Morgan fingerprint density at radius 2 is 1.88 bits per heavy atom. The molecule has 1 aromatic carbocycles. The minimum atomic E-state index is -4.83. The zero-order chi connectivity index (χ0) is 23.9. The summed E-state index contributed by atoms with van der Waals surface area (Å²) >= 11 is 0. The van der Waals surface area contributed by atoms with E-state index in [1.807, 2.05) is 0 Å². The Morgan fingerprint density at radius 3 is 2.48 bits per heavy atom. The molecule has 1 amide bonds. The van der Waals surface area contributed by atoms with Crippen molar-refractivity contribution in [2.75, 3.05) is 6.54 Å². The summed E-state index contributed by atoms with van der Waals surface area (Å²) in [7, 11) is -4.40. The number of carbonyl (C=O) groups is 1. The fourth-order valence-electron chi connectivity index (χ4n) is 4.09. The van der Waals surface area contributed by atoms with Crippen molar-refractivity contribution >= 4 is 15.7 Å². The normalized spacial score (nSPS) is 22.5. The first kappa shape index (κ1) is 23.2. The lowest BCUT2D eigenvalue weighted by Crippen LogP contribution is -2.47. The predicted molar refractivity (Wildman–Crippen MR) is 111 cm³/mol. The van der Waals surface area contributed by atoms with Crippen molar-refractivity contribution in [3.8, 4) is 6.07 Å². The smallest absolute Gasteiger partial charge is 0.336 e. The average molecular weight is 478 g/mol. The SMILES string of the molecule is N#CC1(NC(=O)[C@@H]2C[C@@H](S(=O)(=O)c3ccccc3C(F)(F)F)CN2Cc2ccncc2)CC1. The first-order chi connectivity index (χ1) is 15.6. The number of nitrogens with zero attached hydrogens (tertiary/aromatic N) is 3. The van der Waals surface area contributed by atoms with Crippen LogP contribution >= 0.6 is 0 Å². The number of amides is 1. The van der Waals surface area contributed by atoms with Crippen LogP contribution in [-0.4, -0.2) is 47.6 Å². The van der Waals surface area contributed by atoms with E-state index in [0.29, 0.717) is 12.8 Å². The minimum Gasteiger partial charge on any atom is -0.336 e. The number of hydrogen-bond acceptors (Lipinski definition) is 6. The molecular weight excluding hydrogens is 457 g/mol. The Hall–Kier alpha value is -2.97. The van der Waals surface area contributed by atoms with Crippen LogP contribution in [0.4, 0.5) is 13.2 Å². The zero-order valence-corrected chi connectivity index (χ0v) is 18.2. The molecule has 7 nitrogen and oxygen atoms in total. The molecular formula is C22H21F3N4O3S. The van der Waals surface area contributed by atoms with E-state index >= 15 is 0 Å². The standard InChI is InChI=1S/C22H21F3N4O3S/c23-22(24,25)17-3-1-2-4-19(17)33(31,32)16-11-18(20(30)28-21(14-26)7-8-21)29(13-16)12-15-5-9-27-10-6-15/h1-6,9-10,16,18H,7-8,11-13H2,(H,28,30)/t16-,18+/m1/s1. The molecule has 2 atom stereocenters. The molecule has 2 fully saturated rings. The number of sulfone groups is 1. The van der Waals surface area contributed by atoms with E-state index in [2.05, 4.69) is 16.4 Å². The third kappa shape index (κ3) is 4.72. The number of nitriles is 1. The number of pyridine rings is 1. The summed E-state index contributed by atoms with van der Waals surface area (Å²) in [5.74, 6) is -0.495. The molecule has 1 N–H and O–H groups in total. The van der Waals surface area contributed by atoms with Crippen molar-refractivity contribution in [2.24, 2.45) is 0 Å². The van der Waals surface area contributed by atoms with Crippen LogP contribution in [0.25, 0.3) is 0 Å². The van der Waals surface area contributed by atoms with Gasteiger partial charge in [-0.15, -0.1) is 0 Å². The van der Waals surface area contributed by atoms with Crippen LogP contribution in [-0.2, 0) is 27.4 Å². The van der Waals surface area contributed by atoms with Gasteiger partial charge >= 0.3 is 6.18 Å². The Labute approximate surface area is 189 Å². The molecule has 174 valence electrons. The maximum absolute atomic E-state index is 13.5. The summed E-state index contributed by atoms with van der Waals surface area (Å²) in [5.41, 5.74) is -1.39. The van der Waals surface area contributed by atoms with Crippen LogP contribution in [0.3, 0.4) is 0 Å². The van der Waals surface area contributed by atoms with Gasteiger partial charge in [0.15, 0.2) is 9.84 Å². The molecule has 0 unspecified atom stereocenters. The van der Waals surface area contributed by atoms with Crippen LogP contribution in [0.15, 0.2) is 53.7 Å². The Morgan fingerprint density at radius 1 is 1.21 bits per heavy atom. The fourth-order valence-corrected chi connectivity index (χ4v) is 6.03. The molecule has 1 aliphatic heterocycles. The molecule has 33 heavy (non-hydrogen) atoms. The van der Waals surface area contributed by atoms with Crippen LogP contribution in [0, 0.1) is 11.3 Å². The monoisotopic (exact) mass is 478 g/mol. The minimum absolute atomic E-state index is 0.117. The summed E-state index contributed by atoms with van der Waals surface area (Å²) < 4.78 is 67.1. The van der Waals surface area contributed by atoms with Crippen LogP contribution < -0.4 is 5.32 Å². The number of alkyl halides is 3. The largest absolute Gasteiger partial charge is 0.417 e. The third-order valence-corrected chi connectivity index (χ3v) is 8.26. The molecule has 2 aromatic rings. The van der Waals surface area contributed by atoms with E-state index in [4.69, 9.17) is 0 Å². The molecule has 2 heterocycles. The van der Waals surface area contributed by atoms with E-state index in [1.165, 1.54) is 6.07 Å². The van der Waals surface area contributed by atoms with Gasteiger partial charge in [-0.2, -0.15) is 18.4 Å². The second-order valence-corrected chi connectivity index (χ2v) is 10.6. The number of carbonyl (C=O) groups excluding carboxylic acids is 1. The first-order valence-electron chi connectivity index (χ1n) is 10.3. The zero-order valence-electron chi connectivity index (χ0n) is 17.4. The van der Waals surface area contributed by atoms with Crippen molar-refractivity contribution in [2.45, 2.75) is 53.7 Å². The quantitative estimate of drug-likeness (QED) is 0.685. The van der Waals surface area contributed by atoms with Crippen molar-refractivity contribution in [1.29, 1.82) is 5.26 Å². The van der Waals surface area contributed by atoms with E-state index < -0.39 is 49.2 Å².